The van der Waals surface area contributed by atoms with Crippen LogP contribution < -0.4 is 10.6 Å². The number of rotatable bonds is 2. The number of nitrogens with zero attached hydrogens (tertiary/aromatic N) is 2. The molecule has 0 saturated carbocycles. The van der Waals surface area contributed by atoms with Crippen molar-refractivity contribution in [1.82, 2.24) is 0 Å². The first-order valence-electron chi connectivity index (χ1n) is 5.16. The second kappa shape index (κ2) is 4.24. The third-order valence-corrected chi connectivity index (χ3v) is 3.81. The molecule has 0 bridgehead atoms. The van der Waals surface area contributed by atoms with Gasteiger partial charge in [-0.1, -0.05) is 0 Å². The highest BCUT2D eigenvalue weighted by Crippen LogP contribution is 2.34. The van der Waals surface area contributed by atoms with Gasteiger partial charge in [0.05, 0.1) is 5.56 Å². The third kappa shape index (κ3) is 1.82. The average Bonchev–Trinajstić information content (AvgIpc) is 2.81. The lowest BCUT2D eigenvalue weighted by atomic mass is 10.1. The summed E-state index contributed by atoms with van der Waals surface area (Å²) in [5, 5.41) is 9.77. The van der Waals surface area contributed by atoms with E-state index in [-0.39, 0.29) is 11.8 Å². The first-order valence-corrected chi connectivity index (χ1v) is 5.98. The van der Waals surface area contributed by atoms with Gasteiger partial charge in [-0.2, -0.15) is 5.26 Å². The van der Waals surface area contributed by atoms with Crippen molar-refractivity contribution in [3.8, 4) is 6.07 Å². The van der Waals surface area contributed by atoms with E-state index in [4.69, 9.17) is 11.0 Å². The second-order valence-electron chi connectivity index (χ2n) is 4.00. The van der Waals surface area contributed by atoms with Crippen molar-refractivity contribution in [2.45, 2.75) is 13.3 Å². The number of anilines is 1. The summed E-state index contributed by atoms with van der Waals surface area (Å²) in [7, 11) is 0. The Balaban J connectivity index is 2.31. The zero-order valence-corrected chi connectivity index (χ0v) is 9.88. The zero-order valence-electron chi connectivity index (χ0n) is 9.06. The molecule has 16 heavy (non-hydrogen) atoms. The van der Waals surface area contributed by atoms with Gasteiger partial charge < -0.3 is 10.6 Å². The van der Waals surface area contributed by atoms with Crippen molar-refractivity contribution in [3.05, 3.63) is 16.5 Å². The highest BCUT2D eigenvalue weighted by molar-refractivity contribution is 7.16. The fourth-order valence-electron chi connectivity index (χ4n) is 1.92. The highest BCUT2D eigenvalue weighted by Gasteiger charge is 2.31. The van der Waals surface area contributed by atoms with Crippen molar-refractivity contribution in [2.24, 2.45) is 11.7 Å². The molecule has 1 aromatic rings. The highest BCUT2D eigenvalue weighted by atomic mass is 32.1. The first kappa shape index (κ1) is 11.1. The molecule has 2 rings (SSSR count). The van der Waals surface area contributed by atoms with Crippen molar-refractivity contribution >= 4 is 22.2 Å². The lowest BCUT2D eigenvalue weighted by Gasteiger charge is -2.14. The van der Waals surface area contributed by atoms with E-state index < -0.39 is 0 Å². The van der Waals surface area contributed by atoms with Gasteiger partial charge in [-0.05, 0) is 25.5 Å². The molecule has 1 amide bonds. The van der Waals surface area contributed by atoms with E-state index in [1.54, 1.807) is 4.90 Å². The number of hydrogen-bond acceptors (Lipinski definition) is 4. The Morgan fingerprint density at radius 1 is 1.75 bits per heavy atom. The predicted molar refractivity (Wildman–Crippen MR) is 63.3 cm³/mol. The quantitative estimate of drug-likeness (QED) is 0.838. The van der Waals surface area contributed by atoms with Crippen LogP contribution in [0.25, 0.3) is 0 Å². The lowest BCUT2D eigenvalue weighted by molar-refractivity contribution is -0.117. The van der Waals surface area contributed by atoms with Gasteiger partial charge in [-0.15, -0.1) is 11.3 Å². The summed E-state index contributed by atoms with van der Waals surface area (Å²) in [4.78, 5) is 14.5. The SMILES string of the molecule is Cc1cc(C#N)c(N2CC(CN)CC2=O)s1. The van der Waals surface area contributed by atoms with Crippen molar-refractivity contribution in [1.29, 1.82) is 5.26 Å². The van der Waals surface area contributed by atoms with Gasteiger partial charge >= 0.3 is 0 Å². The molecule has 1 fully saturated rings. The van der Waals surface area contributed by atoms with E-state index >= 15 is 0 Å². The molecule has 1 aliphatic heterocycles. The van der Waals surface area contributed by atoms with Gasteiger partial charge in [0.2, 0.25) is 5.91 Å². The Morgan fingerprint density at radius 3 is 3.06 bits per heavy atom. The molecule has 1 aromatic heterocycles. The van der Waals surface area contributed by atoms with E-state index in [9.17, 15) is 4.79 Å². The number of carbonyl (C=O) groups is 1. The molecule has 0 radical (unpaired) electrons. The second-order valence-corrected chi connectivity index (χ2v) is 5.23. The summed E-state index contributed by atoms with van der Waals surface area (Å²) in [5.41, 5.74) is 6.16. The van der Waals surface area contributed by atoms with E-state index in [0.29, 0.717) is 25.1 Å². The van der Waals surface area contributed by atoms with E-state index in [2.05, 4.69) is 6.07 Å². The molecule has 84 valence electrons. The zero-order chi connectivity index (χ0) is 11.7. The largest absolute Gasteiger partial charge is 0.330 e. The Kier molecular flexibility index (Phi) is 2.95. The number of carbonyl (C=O) groups excluding carboxylic acids is 1. The Morgan fingerprint density at radius 2 is 2.50 bits per heavy atom. The number of nitriles is 1. The minimum Gasteiger partial charge on any atom is -0.330 e. The molecule has 5 heteroatoms. The summed E-state index contributed by atoms with van der Waals surface area (Å²) < 4.78 is 0. The summed E-state index contributed by atoms with van der Waals surface area (Å²) in [5.74, 6) is 0.301. The molecular formula is C11H13N3OS. The Labute approximate surface area is 98.3 Å². The minimum atomic E-state index is 0.0776. The maximum absolute atomic E-state index is 11.8. The fraction of sp³-hybridized carbons (Fsp3) is 0.455. The number of amides is 1. The smallest absolute Gasteiger partial charge is 0.228 e. The fourth-order valence-corrected chi connectivity index (χ4v) is 2.90. The Bertz CT molecular complexity index is 460. The van der Waals surface area contributed by atoms with Crippen LogP contribution in [0.3, 0.4) is 0 Å². The number of hydrogen-bond donors (Lipinski definition) is 1. The molecule has 1 atom stereocenters. The topological polar surface area (TPSA) is 70.1 Å². The van der Waals surface area contributed by atoms with Crippen molar-refractivity contribution < 1.29 is 4.79 Å². The average molecular weight is 235 g/mol. The van der Waals surface area contributed by atoms with Crippen LogP contribution >= 0.6 is 11.3 Å². The van der Waals surface area contributed by atoms with Crippen LogP contribution in [-0.2, 0) is 4.79 Å². The third-order valence-electron chi connectivity index (χ3n) is 2.74. The lowest BCUT2D eigenvalue weighted by Crippen LogP contribution is -2.25. The predicted octanol–water partition coefficient (Wildman–Crippen LogP) is 1.24. The van der Waals surface area contributed by atoms with Crippen LogP contribution in [0.4, 0.5) is 5.00 Å². The molecular weight excluding hydrogens is 222 g/mol. The van der Waals surface area contributed by atoms with Gasteiger partial charge in [0, 0.05) is 17.8 Å². The molecule has 1 saturated heterocycles. The summed E-state index contributed by atoms with van der Waals surface area (Å²) in [6, 6.07) is 3.95. The molecule has 2 N–H and O–H groups in total. The van der Waals surface area contributed by atoms with E-state index in [1.165, 1.54) is 11.3 Å². The number of nitrogens with two attached hydrogens (primary N) is 1. The normalized spacial score (nSPS) is 20.2. The van der Waals surface area contributed by atoms with Crippen LogP contribution in [0.5, 0.6) is 0 Å². The molecule has 0 aliphatic carbocycles. The van der Waals surface area contributed by atoms with Gasteiger partial charge in [-0.25, -0.2) is 0 Å². The van der Waals surface area contributed by atoms with Crippen molar-refractivity contribution in [3.63, 3.8) is 0 Å². The van der Waals surface area contributed by atoms with E-state index in [0.717, 1.165) is 9.88 Å². The molecule has 0 spiro atoms. The maximum Gasteiger partial charge on any atom is 0.228 e. The van der Waals surface area contributed by atoms with Crippen LogP contribution in [0, 0.1) is 24.2 Å². The van der Waals surface area contributed by atoms with Crippen LogP contribution in [0.2, 0.25) is 0 Å². The maximum atomic E-state index is 11.8. The molecule has 4 nitrogen and oxygen atoms in total. The number of aryl methyl sites for hydroxylation is 1. The molecule has 2 heterocycles. The van der Waals surface area contributed by atoms with Gasteiger partial charge in [-0.3, -0.25) is 4.79 Å². The first-order chi connectivity index (χ1) is 7.65. The minimum absolute atomic E-state index is 0.0776. The monoisotopic (exact) mass is 235 g/mol. The van der Waals surface area contributed by atoms with Gasteiger partial charge in [0.1, 0.15) is 11.1 Å². The summed E-state index contributed by atoms with van der Waals surface area (Å²) in [6.45, 7) is 3.11. The van der Waals surface area contributed by atoms with Crippen LogP contribution in [-0.4, -0.2) is 19.0 Å². The van der Waals surface area contributed by atoms with E-state index in [1.807, 2.05) is 13.0 Å². The van der Waals surface area contributed by atoms with Crippen molar-refractivity contribution in [2.75, 3.05) is 18.0 Å². The van der Waals surface area contributed by atoms with Gasteiger partial charge in [0.25, 0.3) is 0 Å². The van der Waals surface area contributed by atoms with Crippen LogP contribution in [0.1, 0.15) is 16.9 Å². The Hall–Kier alpha value is -1.38. The summed E-state index contributed by atoms with van der Waals surface area (Å²) >= 11 is 1.49. The summed E-state index contributed by atoms with van der Waals surface area (Å²) in [6.07, 6.45) is 0.498. The number of thiophene rings is 1. The standard InChI is InChI=1S/C11H13N3OS/c1-7-2-9(5-13)11(16-7)14-6-8(4-12)3-10(14)15/h2,8H,3-4,6,12H2,1H3. The van der Waals surface area contributed by atoms with Crippen LogP contribution in [0.15, 0.2) is 6.07 Å². The molecule has 0 aromatic carbocycles. The van der Waals surface area contributed by atoms with Gasteiger partial charge in [0.15, 0.2) is 0 Å². The molecule has 1 unspecified atom stereocenters. The molecule has 1 aliphatic rings.